The number of aromatic carboxylic acids is 1. The van der Waals surface area contributed by atoms with Gasteiger partial charge in [0.1, 0.15) is 17.1 Å². The minimum atomic E-state index is -1.36. The maximum Gasteiger partial charge on any atom is 0.341 e. The topological polar surface area (TPSA) is 88.8 Å². The number of carbonyl (C=O) groups is 1. The molecule has 0 amide bonds. The summed E-state index contributed by atoms with van der Waals surface area (Å²) in [6, 6.07) is 7.52. The van der Waals surface area contributed by atoms with Crippen molar-refractivity contribution in [1.82, 2.24) is 4.57 Å². The van der Waals surface area contributed by atoms with Gasteiger partial charge in [-0.1, -0.05) is 37.1 Å². The molecule has 0 fully saturated rings. The van der Waals surface area contributed by atoms with E-state index >= 15 is 0 Å². The minimum absolute atomic E-state index is 0.00538. The summed E-state index contributed by atoms with van der Waals surface area (Å²) in [6.45, 7) is 3.81. The van der Waals surface area contributed by atoms with Gasteiger partial charge in [-0.25, -0.2) is 9.18 Å². The summed E-state index contributed by atoms with van der Waals surface area (Å²) < 4.78 is 21.9. The molecule has 1 aromatic heterocycles. The van der Waals surface area contributed by atoms with Crippen LogP contribution in [-0.4, -0.2) is 34.0 Å². The third-order valence-electron chi connectivity index (χ3n) is 5.33. The van der Waals surface area contributed by atoms with E-state index in [0.29, 0.717) is 35.4 Å². The molecule has 0 aliphatic heterocycles. The molecule has 0 saturated carbocycles. The van der Waals surface area contributed by atoms with Gasteiger partial charge in [-0.15, -0.1) is 0 Å². The molecule has 3 aromatic rings. The summed E-state index contributed by atoms with van der Waals surface area (Å²) in [5.74, 6) is -1.54. The van der Waals surface area contributed by atoms with Crippen molar-refractivity contribution in [2.24, 2.45) is 0 Å². The molecular weight excluding hydrogens is 437 g/mol. The summed E-state index contributed by atoms with van der Waals surface area (Å²) in [6.07, 6.45) is 2.73. The van der Waals surface area contributed by atoms with Crippen molar-refractivity contribution in [1.29, 1.82) is 0 Å². The lowest BCUT2D eigenvalue weighted by Crippen LogP contribution is -2.23. The minimum Gasteiger partial charge on any atom is -0.492 e. The Bertz CT molecular complexity index is 1210. The summed E-state index contributed by atoms with van der Waals surface area (Å²) in [4.78, 5) is 24.8. The highest BCUT2D eigenvalue weighted by Crippen LogP contribution is 2.32. The van der Waals surface area contributed by atoms with Gasteiger partial charge in [0.25, 0.3) is 0 Å². The second-order valence-electron chi connectivity index (χ2n) is 7.52. The van der Waals surface area contributed by atoms with Crippen molar-refractivity contribution in [2.75, 3.05) is 13.2 Å². The number of hydrogen-bond donors (Lipinski definition) is 2. The molecular formula is C24H25ClFNO5. The number of carboxylic acid groups (broad SMARTS) is 1. The molecule has 0 saturated heterocycles. The van der Waals surface area contributed by atoms with Gasteiger partial charge in [-0.05, 0) is 42.7 Å². The molecule has 0 bridgehead atoms. The average Bonchev–Trinajstić information content (AvgIpc) is 2.76. The first-order valence-corrected chi connectivity index (χ1v) is 10.8. The molecule has 1 atom stereocenters. The van der Waals surface area contributed by atoms with Gasteiger partial charge in [0.2, 0.25) is 5.43 Å². The van der Waals surface area contributed by atoms with Crippen LogP contribution in [-0.2, 0) is 6.42 Å². The van der Waals surface area contributed by atoms with Gasteiger partial charge in [-0.3, -0.25) is 4.79 Å². The molecule has 6 nitrogen and oxygen atoms in total. The average molecular weight is 462 g/mol. The monoisotopic (exact) mass is 461 g/mol. The standard InChI is InChI=1S/C24H25ClFNO5/c1-3-6-16(13-28)27-12-18(24(30)31)23(29)17-10-14(11-20(22(17)27)32-4-2)9-15-7-5-8-19(25)21(15)26/h5,7-8,10-12,16,28H,3-4,6,9,13H2,1-2H3,(H,30,31)/t16-/m0/s1. The number of nitrogens with zero attached hydrogens (tertiary/aromatic N) is 1. The van der Waals surface area contributed by atoms with Crippen LogP contribution in [0.5, 0.6) is 5.75 Å². The first-order chi connectivity index (χ1) is 15.3. The molecule has 8 heteroatoms. The third kappa shape index (κ3) is 4.64. The van der Waals surface area contributed by atoms with E-state index in [0.717, 1.165) is 6.42 Å². The summed E-state index contributed by atoms with van der Waals surface area (Å²) in [5.41, 5.74) is 0.258. The van der Waals surface area contributed by atoms with Gasteiger partial charge >= 0.3 is 5.97 Å². The highest BCUT2D eigenvalue weighted by Gasteiger charge is 2.22. The maximum absolute atomic E-state index is 14.5. The van der Waals surface area contributed by atoms with E-state index in [4.69, 9.17) is 16.3 Å². The van der Waals surface area contributed by atoms with Crippen molar-refractivity contribution in [3.8, 4) is 5.75 Å². The number of aromatic nitrogens is 1. The number of benzene rings is 2. The van der Waals surface area contributed by atoms with E-state index in [1.165, 1.54) is 12.3 Å². The Labute approximate surface area is 189 Å². The number of halogens is 2. The molecule has 3 rings (SSSR count). The number of pyridine rings is 1. The summed E-state index contributed by atoms with van der Waals surface area (Å²) in [7, 11) is 0. The molecule has 2 aromatic carbocycles. The highest BCUT2D eigenvalue weighted by molar-refractivity contribution is 6.30. The summed E-state index contributed by atoms with van der Waals surface area (Å²) in [5, 5.41) is 19.7. The number of ether oxygens (including phenoxy) is 1. The fourth-order valence-electron chi connectivity index (χ4n) is 3.88. The van der Waals surface area contributed by atoms with Gasteiger partial charge in [0, 0.05) is 12.6 Å². The van der Waals surface area contributed by atoms with E-state index in [1.54, 1.807) is 35.8 Å². The van der Waals surface area contributed by atoms with E-state index in [9.17, 15) is 24.2 Å². The van der Waals surface area contributed by atoms with Crippen LogP contribution >= 0.6 is 11.6 Å². The fourth-order valence-corrected chi connectivity index (χ4v) is 4.07. The van der Waals surface area contributed by atoms with Gasteiger partial charge < -0.3 is 19.5 Å². The molecule has 0 aliphatic carbocycles. The third-order valence-corrected chi connectivity index (χ3v) is 5.62. The number of carboxylic acids is 1. The van der Waals surface area contributed by atoms with Crippen LogP contribution < -0.4 is 10.2 Å². The van der Waals surface area contributed by atoms with Crippen LogP contribution in [0, 0.1) is 5.82 Å². The van der Waals surface area contributed by atoms with Crippen LogP contribution in [0.3, 0.4) is 0 Å². The zero-order chi connectivity index (χ0) is 23.4. The molecule has 2 N–H and O–H groups in total. The van der Waals surface area contributed by atoms with Crippen molar-refractivity contribution < 1.29 is 24.1 Å². The fraction of sp³-hybridized carbons (Fsp3) is 0.333. The second-order valence-corrected chi connectivity index (χ2v) is 7.93. The van der Waals surface area contributed by atoms with Crippen LogP contribution in [0.4, 0.5) is 4.39 Å². The Hall–Kier alpha value is -2.90. The largest absolute Gasteiger partial charge is 0.492 e. The van der Waals surface area contributed by atoms with Crippen molar-refractivity contribution in [3.63, 3.8) is 0 Å². The molecule has 1 heterocycles. The quantitative estimate of drug-likeness (QED) is 0.477. The zero-order valence-electron chi connectivity index (χ0n) is 17.9. The van der Waals surface area contributed by atoms with Crippen molar-refractivity contribution in [3.05, 3.63) is 74.3 Å². The van der Waals surface area contributed by atoms with Crippen molar-refractivity contribution in [2.45, 2.75) is 39.2 Å². The maximum atomic E-state index is 14.5. The molecule has 0 unspecified atom stereocenters. The number of aliphatic hydroxyl groups is 1. The Kier molecular flexibility index (Phi) is 7.53. The molecule has 32 heavy (non-hydrogen) atoms. The molecule has 170 valence electrons. The second kappa shape index (κ2) is 10.1. The molecule has 0 aliphatic rings. The van der Waals surface area contributed by atoms with Gasteiger partial charge in [0.15, 0.2) is 0 Å². The normalized spacial score (nSPS) is 12.2. The van der Waals surface area contributed by atoms with E-state index in [2.05, 4.69) is 0 Å². The Morgan fingerprint density at radius 1 is 1.28 bits per heavy atom. The van der Waals surface area contributed by atoms with Gasteiger partial charge in [0.05, 0.1) is 35.2 Å². The number of aliphatic hydroxyl groups excluding tert-OH is 1. The van der Waals surface area contributed by atoms with Crippen LogP contribution in [0.2, 0.25) is 5.02 Å². The molecule has 0 spiro atoms. The number of rotatable bonds is 9. The van der Waals surface area contributed by atoms with E-state index < -0.39 is 28.8 Å². The molecule has 0 radical (unpaired) electrons. The lowest BCUT2D eigenvalue weighted by Gasteiger charge is -2.23. The number of hydrogen-bond acceptors (Lipinski definition) is 4. The lowest BCUT2D eigenvalue weighted by molar-refractivity contribution is 0.0694. The van der Waals surface area contributed by atoms with Gasteiger partial charge in [-0.2, -0.15) is 0 Å². The van der Waals surface area contributed by atoms with Crippen LogP contribution in [0.1, 0.15) is 54.2 Å². The smallest absolute Gasteiger partial charge is 0.341 e. The summed E-state index contributed by atoms with van der Waals surface area (Å²) >= 11 is 5.90. The number of fused-ring (bicyclic) bond motifs is 1. The SMILES string of the molecule is CCC[C@@H](CO)n1cc(C(=O)O)c(=O)c2cc(Cc3cccc(Cl)c3F)cc(OCC)c21. The first-order valence-electron chi connectivity index (χ1n) is 10.4. The predicted octanol–water partition coefficient (Wildman–Crippen LogP) is 4.82. The van der Waals surface area contributed by atoms with Crippen LogP contribution in [0.15, 0.2) is 41.3 Å². The zero-order valence-corrected chi connectivity index (χ0v) is 18.7. The van der Waals surface area contributed by atoms with Crippen molar-refractivity contribution >= 4 is 28.5 Å². The van der Waals surface area contributed by atoms with E-state index in [-0.39, 0.29) is 23.4 Å². The lowest BCUT2D eigenvalue weighted by atomic mass is 10.00. The Morgan fingerprint density at radius 3 is 2.66 bits per heavy atom. The van der Waals surface area contributed by atoms with Crippen LogP contribution in [0.25, 0.3) is 10.9 Å². The van der Waals surface area contributed by atoms with E-state index in [1.807, 2.05) is 6.92 Å². The highest BCUT2D eigenvalue weighted by atomic mass is 35.5. The predicted molar refractivity (Wildman–Crippen MR) is 122 cm³/mol. The first kappa shape index (κ1) is 23.8. The Morgan fingerprint density at radius 2 is 2.03 bits per heavy atom. The Balaban J connectivity index is 2.32.